The van der Waals surface area contributed by atoms with E-state index in [1.807, 2.05) is 62.6 Å². The Morgan fingerprint density at radius 2 is 1.81 bits per heavy atom. The summed E-state index contributed by atoms with van der Waals surface area (Å²) in [5.41, 5.74) is 3.89. The highest BCUT2D eigenvalue weighted by atomic mass is 16.2. The number of fused-ring (bicyclic) bond motifs is 2. The van der Waals surface area contributed by atoms with Crippen molar-refractivity contribution in [3.8, 4) is 11.1 Å². The van der Waals surface area contributed by atoms with Gasteiger partial charge in [0.25, 0.3) is 17.7 Å². The molecule has 0 fully saturated rings. The number of amides is 3. The molecule has 3 amide bonds. The molecule has 1 aromatic heterocycles. The summed E-state index contributed by atoms with van der Waals surface area (Å²) >= 11 is 0. The summed E-state index contributed by atoms with van der Waals surface area (Å²) in [7, 11) is 7.33. The molecule has 0 saturated carbocycles. The summed E-state index contributed by atoms with van der Waals surface area (Å²) in [6, 6.07) is 11.5. The fraction of sp³-hybridized carbons (Fsp3) is 0.259. The van der Waals surface area contributed by atoms with Crippen LogP contribution in [0.4, 0.5) is 0 Å². The van der Waals surface area contributed by atoms with Crippen molar-refractivity contribution in [2.75, 3.05) is 34.2 Å². The van der Waals surface area contributed by atoms with Gasteiger partial charge in [-0.2, -0.15) is 5.10 Å². The first-order valence-electron chi connectivity index (χ1n) is 11.5. The van der Waals surface area contributed by atoms with Gasteiger partial charge in [0.15, 0.2) is 0 Å². The topological polar surface area (TPSA) is 90.8 Å². The number of hydrogen-bond acceptors (Lipinski definition) is 5. The number of carbonyl (C=O) groups excluding carboxylic acids is 3. The van der Waals surface area contributed by atoms with E-state index < -0.39 is 11.8 Å². The Morgan fingerprint density at radius 1 is 1.08 bits per heavy atom. The van der Waals surface area contributed by atoms with E-state index in [1.54, 1.807) is 17.8 Å². The molecule has 0 radical (unpaired) electrons. The third-order valence-electron chi connectivity index (χ3n) is 6.24. The summed E-state index contributed by atoms with van der Waals surface area (Å²) in [5.74, 6) is -1.36. The van der Waals surface area contributed by atoms with Crippen LogP contribution in [0.25, 0.3) is 22.0 Å². The molecule has 0 aliphatic carbocycles. The number of aromatic nitrogens is 2. The predicted octanol–water partition coefficient (Wildman–Crippen LogP) is 2.36. The SMILES string of the molecule is C=C(NC(=O)C(=C)N1Cc2c(cccc2-c2ccc3cn(C)nc3c2)C1=O)C(=O)N(C)CCN(C)C. The van der Waals surface area contributed by atoms with Gasteiger partial charge >= 0.3 is 0 Å². The molecule has 0 saturated heterocycles. The number of rotatable bonds is 8. The van der Waals surface area contributed by atoms with Gasteiger partial charge in [-0.15, -0.1) is 0 Å². The van der Waals surface area contributed by atoms with Gasteiger partial charge in [0.2, 0.25) is 0 Å². The van der Waals surface area contributed by atoms with Crippen molar-refractivity contribution in [1.82, 2.24) is 29.8 Å². The normalized spacial score (nSPS) is 12.7. The van der Waals surface area contributed by atoms with Gasteiger partial charge in [-0.1, -0.05) is 37.4 Å². The second-order valence-corrected chi connectivity index (χ2v) is 9.21. The van der Waals surface area contributed by atoms with Gasteiger partial charge in [0, 0.05) is 44.3 Å². The number of nitrogens with one attached hydrogen (secondary N) is 1. The molecule has 2 heterocycles. The first kappa shape index (κ1) is 24.9. The monoisotopic (exact) mass is 486 g/mol. The van der Waals surface area contributed by atoms with Crippen LogP contribution in [-0.4, -0.2) is 76.4 Å². The summed E-state index contributed by atoms with van der Waals surface area (Å²) in [6.07, 6.45) is 1.95. The molecular formula is C27H30N6O3. The largest absolute Gasteiger partial charge is 0.339 e. The van der Waals surface area contributed by atoms with Crippen molar-refractivity contribution in [1.29, 1.82) is 0 Å². The fourth-order valence-corrected chi connectivity index (χ4v) is 4.20. The van der Waals surface area contributed by atoms with E-state index in [9.17, 15) is 14.4 Å². The standard InChI is InChI=1S/C27H30N6O3/c1-17(26(35)31(5)13-12-30(3)4)28-25(34)18(2)33-16-23-21(8-7-9-22(23)27(33)36)19-10-11-20-15-32(6)29-24(20)14-19/h7-11,14-15H,1-2,12-13,16H2,3-6H3,(H,28,34). The zero-order valence-corrected chi connectivity index (χ0v) is 21.0. The van der Waals surface area contributed by atoms with Crippen LogP contribution in [-0.2, 0) is 23.2 Å². The molecule has 9 nitrogen and oxygen atoms in total. The lowest BCUT2D eigenvalue weighted by Gasteiger charge is -2.22. The highest BCUT2D eigenvalue weighted by molar-refractivity contribution is 6.08. The van der Waals surface area contributed by atoms with Crippen molar-refractivity contribution < 1.29 is 14.4 Å². The number of benzene rings is 2. The molecule has 0 unspecified atom stereocenters. The van der Waals surface area contributed by atoms with E-state index in [2.05, 4.69) is 23.6 Å². The van der Waals surface area contributed by atoms with Crippen LogP contribution in [0.3, 0.4) is 0 Å². The minimum atomic E-state index is -0.646. The Hall–Kier alpha value is -4.24. The van der Waals surface area contributed by atoms with Crippen molar-refractivity contribution >= 4 is 28.6 Å². The molecule has 2 aromatic carbocycles. The molecule has 1 N–H and O–H groups in total. The maximum atomic E-state index is 13.2. The summed E-state index contributed by atoms with van der Waals surface area (Å²) < 4.78 is 1.76. The van der Waals surface area contributed by atoms with Gasteiger partial charge in [0.05, 0.1) is 17.8 Å². The van der Waals surface area contributed by atoms with Crippen LogP contribution in [0.5, 0.6) is 0 Å². The van der Waals surface area contributed by atoms with Gasteiger partial charge in [-0.25, -0.2) is 0 Å². The van der Waals surface area contributed by atoms with Crippen LogP contribution in [0, 0.1) is 0 Å². The Bertz CT molecular complexity index is 1400. The Balaban J connectivity index is 1.50. The summed E-state index contributed by atoms with van der Waals surface area (Å²) in [5, 5.41) is 8.00. The molecule has 4 rings (SSSR count). The number of likely N-dealkylation sites (N-methyl/N-ethyl adjacent to an activating group) is 2. The summed E-state index contributed by atoms with van der Waals surface area (Å²) in [6.45, 7) is 8.89. The number of nitrogens with zero attached hydrogens (tertiary/aromatic N) is 5. The molecule has 3 aromatic rings. The minimum absolute atomic E-state index is 0.0489. The zero-order chi connectivity index (χ0) is 26.1. The van der Waals surface area contributed by atoms with E-state index >= 15 is 0 Å². The average molecular weight is 487 g/mol. The highest BCUT2D eigenvalue weighted by Gasteiger charge is 2.33. The lowest BCUT2D eigenvalue weighted by molar-refractivity contribution is -0.128. The summed E-state index contributed by atoms with van der Waals surface area (Å²) in [4.78, 5) is 43.4. The second kappa shape index (κ2) is 9.79. The van der Waals surface area contributed by atoms with Gasteiger partial charge in [-0.05, 0) is 42.9 Å². The number of hydrogen-bond donors (Lipinski definition) is 1. The molecule has 36 heavy (non-hydrogen) atoms. The molecule has 0 atom stereocenters. The Labute approximate surface area is 210 Å². The number of carbonyl (C=O) groups is 3. The Kier molecular flexibility index (Phi) is 6.76. The third kappa shape index (κ3) is 4.78. The van der Waals surface area contributed by atoms with E-state index in [-0.39, 0.29) is 23.8 Å². The molecule has 0 bridgehead atoms. The lowest BCUT2D eigenvalue weighted by atomic mass is 9.96. The predicted molar refractivity (Wildman–Crippen MR) is 139 cm³/mol. The van der Waals surface area contributed by atoms with Crippen molar-refractivity contribution in [3.05, 3.63) is 78.3 Å². The quantitative estimate of drug-likeness (QED) is 0.494. The van der Waals surface area contributed by atoms with Crippen LogP contribution in [0.2, 0.25) is 0 Å². The van der Waals surface area contributed by atoms with Crippen LogP contribution >= 0.6 is 0 Å². The maximum Gasteiger partial charge on any atom is 0.271 e. The fourth-order valence-electron chi connectivity index (χ4n) is 4.20. The van der Waals surface area contributed by atoms with Crippen LogP contribution in [0.1, 0.15) is 15.9 Å². The third-order valence-corrected chi connectivity index (χ3v) is 6.24. The Morgan fingerprint density at radius 3 is 2.53 bits per heavy atom. The van der Waals surface area contributed by atoms with Crippen LogP contribution in [0.15, 0.2) is 67.1 Å². The molecular weight excluding hydrogens is 456 g/mol. The molecule has 9 heteroatoms. The van der Waals surface area contributed by atoms with E-state index in [0.717, 1.165) is 27.6 Å². The first-order valence-corrected chi connectivity index (χ1v) is 11.5. The van der Waals surface area contributed by atoms with Crippen molar-refractivity contribution in [2.45, 2.75) is 6.54 Å². The zero-order valence-electron chi connectivity index (χ0n) is 21.0. The van der Waals surface area contributed by atoms with Crippen molar-refractivity contribution in [2.24, 2.45) is 7.05 Å². The van der Waals surface area contributed by atoms with Gasteiger partial charge in [0.1, 0.15) is 5.70 Å². The van der Waals surface area contributed by atoms with E-state index in [4.69, 9.17) is 0 Å². The maximum absolute atomic E-state index is 13.2. The minimum Gasteiger partial charge on any atom is -0.339 e. The molecule has 1 aliphatic heterocycles. The highest BCUT2D eigenvalue weighted by Crippen LogP contribution is 2.35. The molecule has 0 spiro atoms. The van der Waals surface area contributed by atoms with Gasteiger partial charge in [-0.3, -0.25) is 24.0 Å². The number of aryl methyl sites for hydroxylation is 1. The average Bonchev–Trinajstić information content (AvgIpc) is 3.39. The van der Waals surface area contributed by atoms with E-state index in [0.29, 0.717) is 18.7 Å². The smallest absolute Gasteiger partial charge is 0.271 e. The second-order valence-electron chi connectivity index (χ2n) is 9.21. The van der Waals surface area contributed by atoms with Crippen molar-refractivity contribution in [3.63, 3.8) is 0 Å². The molecule has 186 valence electrons. The van der Waals surface area contributed by atoms with Gasteiger partial charge < -0.3 is 15.1 Å². The lowest BCUT2D eigenvalue weighted by Crippen LogP contribution is -2.41. The van der Waals surface area contributed by atoms with Crippen LogP contribution < -0.4 is 5.32 Å². The molecule has 1 aliphatic rings. The van der Waals surface area contributed by atoms with E-state index in [1.165, 1.54) is 9.80 Å². The first-order chi connectivity index (χ1) is 17.1.